The number of amides is 1. The molecule has 7 nitrogen and oxygen atoms in total. The highest BCUT2D eigenvalue weighted by Gasteiger charge is 2.42. The minimum Gasteiger partial charge on any atom is -0.497 e. The SMILES string of the molecule is COc1ccc(CNc2nc(Cl)nc3c4c(c(Br)cc23)C(c2cc(F)ccc2Cl)N(Cc2ccc(OC)cc2)C4=O)cc1. The van der Waals surface area contributed by atoms with E-state index >= 15 is 0 Å². The van der Waals surface area contributed by atoms with Crippen LogP contribution in [0.4, 0.5) is 10.2 Å². The number of carbonyl (C=O) groups is 1. The van der Waals surface area contributed by atoms with E-state index in [0.717, 1.165) is 16.9 Å². The van der Waals surface area contributed by atoms with Crippen molar-refractivity contribution in [3.63, 3.8) is 0 Å². The van der Waals surface area contributed by atoms with Gasteiger partial charge in [0.25, 0.3) is 5.91 Å². The number of hydrogen-bond donors (Lipinski definition) is 1. The third-order valence-electron chi connectivity index (χ3n) is 7.40. The highest BCUT2D eigenvalue weighted by Crippen LogP contribution is 2.48. The normalized spacial score (nSPS) is 14.2. The number of rotatable bonds is 8. The van der Waals surface area contributed by atoms with E-state index in [2.05, 4.69) is 31.2 Å². The van der Waals surface area contributed by atoms with Gasteiger partial charge in [-0.25, -0.2) is 14.4 Å². The van der Waals surface area contributed by atoms with Crippen molar-refractivity contribution in [1.29, 1.82) is 0 Å². The van der Waals surface area contributed by atoms with E-state index in [1.54, 1.807) is 19.1 Å². The molecule has 1 amide bonds. The average Bonchev–Trinajstić information content (AvgIpc) is 3.30. The first kappa shape index (κ1) is 29.2. The van der Waals surface area contributed by atoms with Gasteiger partial charge in [-0.15, -0.1) is 0 Å². The summed E-state index contributed by atoms with van der Waals surface area (Å²) in [5, 5.41) is 4.25. The summed E-state index contributed by atoms with van der Waals surface area (Å²) in [4.78, 5) is 25.0. The molecule has 0 spiro atoms. The van der Waals surface area contributed by atoms with Gasteiger partial charge < -0.3 is 19.7 Å². The number of fused-ring (bicyclic) bond motifs is 3. The van der Waals surface area contributed by atoms with Gasteiger partial charge in [0.05, 0.1) is 31.3 Å². The molecule has 0 fully saturated rings. The number of hydrogen-bond acceptors (Lipinski definition) is 6. The largest absolute Gasteiger partial charge is 0.497 e. The van der Waals surface area contributed by atoms with E-state index in [9.17, 15) is 9.18 Å². The Kier molecular flexibility index (Phi) is 8.13. The van der Waals surface area contributed by atoms with Crippen molar-refractivity contribution in [1.82, 2.24) is 14.9 Å². The predicted molar refractivity (Wildman–Crippen MR) is 169 cm³/mol. The second kappa shape index (κ2) is 12.0. The molecule has 0 aliphatic carbocycles. The van der Waals surface area contributed by atoms with Crippen LogP contribution >= 0.6 is 39.1 Å². The first-order valence-electron chi connectivity index (χ1n) is 13.2. The van der Waals surface area contributed by atoms with Crippen molar-refractivity contribution in [3.8, 4) is 11.5 Å². The van der Waals surface area contributed by atoms with Gasteiger partial charge in [0.2, 0.25) is 5.28 Å². The van der Waals surface area contributed by atoms with Crippen LogP contribution in [0.25, 0.3) is 10.9 Å². The molecule has 1 atom stereocenters. The van der Waals surface area contributed by atoms with Gasteiger partial charge >= 0.3 is 0 Å². The van der Waals surface area contributed by atoms with Crippen LogP contribution in [0.3, 0.4) is 0 Å². The van der Waals surface area contributed by atoms with E-state index in [1.807, 2.05) is 54.6 Å². The Bertz CT molecular complexity index is 1860. The van der Waals surface area contributed by atoms with Crippen LogP contribution in [0.15, 0.2) is 77.3 Å². The smallest absolute Gasteiger partial charge is 0.257 e. The monoisotopic (exact) mass is 680 g/mol. The summed E-state index contributed by atoms with van der Waals surface area (Å²) >= 11 is 16.8. The first-order chi connectivity index (χ1) is 20.8. The molecule has 1 aromatic heterocycles. The van der Waals surface area contributed by atoms with Gasteiger partial charge in [-0.05, 0) is 71.3 Å². The summed E-state index contributed by atoms with van der Waals surface area (Å²) in [6.07, 6.45) is 0. The third kappa shape index (κ3) is 5.60. The Labute approximate surface area is 265 Å². The quantitative estimate of drug-likeness (QED) is 0.166. The zero-order valence-electron chi connectivity index (χ0n) is 23.0. The number of nitrogens with one attached hydrogen (secondary N) is 1. The van der Waals surface area contributed by atoms with Gasteiger partial charge in [-0.1, -0.05) is 51.8 Å². The first-order valence-corrected chi connectivity index (χ1v) is 14.8. The van der Waals surface area contributed by atoms with Crippen molar-refractivity contribution in [3.05, 3.63) is 121 Å². The maximum Gasteiger partial charge on any atom is 0.257 e. The van der Waals surface area contributed by atoms with Crippen molar-refractivity contribution in [2.75, 3.05) is 19.5 Å². The minimum absolute atomic E-state index is 0.0176. The minimum atomic E-state index is -0.698. The summed E-state index contributed by atoms with van der Waals surface area (Å²) in [6, 6.07) is 20.4. The van der Waals surface area contributed by atoms with Crippen LogP contribution in [0.2, 0.25) is 10.3 Å². The van der Waals surface area contributed by atoms with Crippen LogP contribution in [0, 0.1) is 5.82 Å². The molecule has 0 radical (unpaired) electrons. The van der Waals surface area contributed by atoms with Gasteiger partial charge in [0, 0.05) is 39.1 Å². The zero-order valence-corrected chi connectivity index (χ0v) is 26.1. The Morgan fingerprint density at radius 2 is 1.58 bits per heavy atom. The molecule has 1 unspecified atom stereocenters. The molecule has 0 saturated heterocycles. The Balaban J connectivity index is 1.48. The van der Waals surface area contributed by atoms with Crippen molar-refractivity contribution in [2.45, 2.75) is 19.1 Å². The zero-order chi connectivity index (χ0) is 30.2. The molecule has 5 aromatic rings. The fourth-order valence-corrected chi connectivity index (χ4v) is 6.36. The van der Waals surface area contributed by atoms with Crippen LogP contribution < -0.4 is 14.8 Å². The average molecular weight is 682 g/mol. The van der Waals surface area contributed by atoms with E-state index in [0.29, 0.717) is 55.2 Å². The molecule has 2 heterocycles. The van der Waals surface area contributed by atoms with Crippen molar-refractivity contribution >= 4 is 61.8 Å². The Hall–Kier alpha value is -3.92. The molecular weight excluding hydrogens is 658 g/mol. The van der Waals surface area contributed by atoms with Gasteiger partial charge in [0.1, 0.15) is 23.1 Å². The molecule has 218 valence electrons. The number of aromatic nitrogens is 2. The van der Waals surface area contributed by atoms with E-state index in [1.165, 1.54) is 18.2 Å². The lowest BCUT2D eigenvalue weighted by Crippen LogP contribution is -2.28. The lowest BCUT2D eigenvalue weighted by Gasteiger charge is -2.27. The Morgan fingerprint density at radius 3 is 2.23 bits per heavy atom. The van der Waals surface area contributed by atoms with E-state index < -0.39 is 11.9 Å². The molecule has 1 N–H and O–H groups in total. The molecule has 6 rings (SSSR count). The third-order valence-corrected chi connectivity index (χ3v) is 8.57. The Morgan fingerprint density at radius 1 is 0.930 bits per heavy atom. The van der Waals surface area contributed by atoms with Crippen LogP contribution in [-0.4, -0.2) is 35.0 Å². The summed E-state index contributed by atoms with van der Waals surface area (Å²) in [5.74, 6) is 1.16. The maximum absolute atomic E-state index is 14.6. The van der Waals surface area contributed by atoms with Crippen LogP contribution in [0.5, 0.6) is 11.5 Å². The molecule has 1 aliphatic rings. The summed E-state index contributed by atoms with van der Waals surface area (Å²) in [6.45, 7) is 0.671. The van der Waals surface area contributed by atoms with Crippen molar-refractivity contribution < 1.29 is 18.7 Å². The second-order valence-corrected chi connectivity index (χ2v) is 11.5. The lowest BCUT2D eigenvalue weighted by atomic mass is 9.95. The predicted octanol–water partition coefficient (Wildman–Crippen LogP) is 8.21. The second-order valence-electron chi connectivity index (χ2n) is 9.94. The highest BCUT2D eigenvalue weighted by atomic mass is 79.9. The molecule has 0 saturated carbocycles. The lowest BCUT2D eigenvalue weighted by molar-refractivity contribution is 0.0737. The van der Waals surface area contributed by atoms with Gasteiger partial charge in [-0.2, -0.15) is 0 Å². The number of anilines is 1. The molecule has 4 aromatic carbocycles. The molecule has 11 heteroatoms. The summed E-state index contributed by atoms with van der Waals surface area (Å²) in [5.41, 5.74) is 3.66. The standard InChI is InChI=1S/C32H24BrCl2FN4O3/c1-42-20-8-3-17(4-9-20)15-37-30-23-14-24(33)26-27(28(23)38-32(35)39-30)31(41)40(16-18-5-10-21(43-2)11-6-18)29(26)22-13-19(36)7-12-25(22)34/h3-14,29H,15-16H2,1-2H3,(H,37,38,39). The summed E-state index contributed by atoms with van der Waals surface area (Å²) < 4.78 is 25.8. The number of ether oxygens (including phenoxy) is 2. The van der Waals surface area contributed by atoms with E-state index in [-0.39, 0.29) is 17.7 Å². The number of halogens is 4. The van der Waals surface area contributed by atoms with Gasteiger partial charge in [0.15, 0.2) is 0 Å². The molecule has 1 aliphatic heterocycles. The topological polar surface area (TPSA) is 76.6 Å². The van der Waals surface area contributed by atoms with E-state index in [4.69, 9.17) is 32.7 Å². The maximum atomic E-state index is 14.6. The molecular formula is C32H24BrCl2FN4O3. The fraction of sp³-hybridized carbons (Fsp3) is 0.156. The number of carbonyl (C=O) groups excluding carboxylic acids is 1. The van der Waals surface area contributed by atoms with Crippen LogP contribution in [0.1, 0.15) is 38.7 Å². The fourth-order valence-electron chi connectivity index (χ4n) is 5.32. The van der Waals surface area contributed by atoms with Gasteiger partial charge in [-0.3, -0.25) is 4.79 Å². The number of methoxy groups -OCH3 is 2. The highest BCUT2D eigenvalue weighted by molar-refractivity contribution is 9.10. The molecule has 43 heavy (non-hydrogen) atoms. The van der Waals surface area contributed by atoms with Crippen LogP contribution in [-0.2, 0) is 13.1 Å². The van der Waals surface area contributed by atoms with Crippen molar-refractivity contribution in [2.24, 2.45) is 0 Å². The molecule has 0 bridgehead atoms. The number of benzene rings is 4. The number of nitrogens with zero attached hydrogens (tertiary/aromatic N) is 3. The summed E-state index contributed by atoms with van der Waals surface area (Å²) in [7, 11) is 3.21.